The van der Waals surface area contributed by atoms with Crippen LogP contribution < -0.4 is 15.4 Å². The fourth-order valence-corrected chi connectivity index (χ4v) is 2.85. The minimum absolute atomic E-state index is 0.678. The number of likely N-dealkylation sites (N-methyl/N-ethyl adjacent to an activating group) is 1. The molecule has 0 heterocycles. The van der Waals surface area contributed by atoms with Crippen molar-refractivity contribution in [1.29, 1.82) is 0 Å². The third-order valence-corrected chi connectivity index (χ3v) is 4.35. The minimum Gasteiger partial charge on any atom is -0.494 e. The van der Waals surface area contributed by atoms with Gasteiger partial charge in [-0.2, -0.15) is 0 Å². The van der Waals surface area contributed by atoms with Crippen LogP contribution in [0.25, 0.3) is 0 Å². The highest BCUT2D eigenvalue weighted by molar-refractivity contribution is 5.79. The van der Waals surface area contributed by atoms with E-state index in [-0.39, 0.29) is 0 Å². The maximum Gasteiger partial charge on any atom is 0.191 e. The molecule has 0 spiro atoms. The van der Waals surface area contributed by atoms with Gasteiger partial charge in [0.15, 0.2) is 5.96 Å². The Hall–Kier alpha value is -1.75. The first kappa shape index (κ1) is 18.6. The number of rotatable bonds is 9. The van der Waals surface area contributed by atoms with Crippen molar-refractivity contribution in [2.45, 2.75) is 46.2 Å². The van der Waals surface area contributed by atoms with Crippen LogP contribution in [0.15, 0.2) is 23.2 Å². The summed E-state index contributed by atoms with van der Waals surface area (Å²) in [7, 11) is 1.81. The highest BCUT2D eigenvalue weighted by Crippen LogP contribution is 2.25. The zero-order valence-electron chi connectivity index (χ0n) is 15.6. The molecule has 134 valence electrons. The Labute approximate surface area is 146 Å². The van der Waals surface area contributed by atoms with E-state index >= 15 is 0 Å². The second kappa shape index (κ2) is 9.52. The number of aliphatic imine (C=N–C) groups is 1. The number of ether oxygens (including phenoxy) is 1. The predicted molar refractivity (Wildman–Crippen MR) is 101 cm³/mol. The zero-order chi connectivity index (χ0) is 17.4. The molecule has 0 radical (unpaired) electrons. The third-order valence-electron chi connectivity index (χ3n) is 4.35. The second-order valence-corrected chi connectivity index (χ2v) is 6.26. The summed E-state index contributed by atoms with van der Waals surface area (Å²) in [6.07, 6.45) is 2.71. The Bertz CT molecular complexity index is 540. The summed E-state index contributed by atoms with van der Waals surface area (Å²) >= 11 is 0. The van der Waals surface area contributed by atoms with Crippen LogP contribution in [0.3, 0.4) is 0 Å². The SMILES string of the molecule is CCOc1cc(C)ccc1CNC(=NC)NCCN(CC)C1CC1. The summed E-state index contributed by atoms with van der Waals surface area (Å²) in [4.78, 5) is 6.85. The van der Waals surface area contributed by atoms with E-state index in [1.54, 1.807) is 0 Å². The van der Waals surface area contributed by atoms with Gasteiger partial charge in [-0.15, -0.1) is 0 Å². The van der Waals surface area contributed by atoms with E-state index in [1.165, 1.54) is 18.4 Å². The van der Waals surface area contributed by atoms with Gasteiger partial charge in [0, 0.05) is 38.3 Å². The molecule has 1 aromatic carbocycles. The lowest BCUT2D eigenvalue weighted by atomic mass is 10.1. The first-order valence-corrected chi connectivity index (χ1v) is 9.08. The molecular formula is C19H32N4O. The average molecular weight is 332 g/mol. The lowest BCUT2D eigenvalue weighted by Gasteiger charge is -2.21. The average Bonchev–Trinajstić information content (AvgIpc) is 3.41. The van der Waals surface area contributed by atoms with E-state index in [9.17, 15) is 0 Å². The number of hydrogen-bond donors (Lipinski definition) is 2. The van der Waals surface area contributed by atoms with Crippen molar-refractivity contribution < 1.29 is 4.74 Å². The predicted octanol–water partition coefficient (Wildman–Crippen LogP) is 2.54. The van der Waals surface area contributed by atoms with Crippen LogP contribution in [0.1, 0.15) is 37.8 Å². The molecule has 1 fully saturated rings. The molecule has 5 heteroatoms. The van der Waals surface area contributed by atoms with Gasteiger partial charge in [0.25, 0.3) is 0 Å². The molecule has 0 unspecified atom stereocenters. The summed E-state index contributed by atoms with van der Waals surface area (Å²) in [6.45, 7) is 10.8. The van der Waals surface area contributed by atoms with Crippen molar-refractivity contribution in [3.05, 3.63) is 29.3 Å². The first-order chi connectivity index (χ1) is 11.7. The number of benzene rings is 1. The number of nitrogens with zero attached hydrogens (tertiary/aromatic N) is 2. The molecule has 1 aromatic rings. The van der Waals surface area contributed by atoms with E-state index in [0.717, 1.165) is 42.9 Å². The standard InChI is InChI=1S/C19H32N4O/c1-5-23(17-9-10-17)12-11-21-19(20-4)22-14-16-8-7-15(3)13-18(16)24-6-2/h7-8,13,17H,5-6,9-12,14H2,1-4H3,(H2,20,21,22). The number of hydrogen-bond acceptors (Lipinski definition) is 3. The maximum atomic E-state index is 5.74. The zero-order valence-corrected chi connectivity index (χ0v) is 15.6. The molecule has 0 saturated heterocycles. The fraction of sp³-hybridized carbons (Fsp3) is 0.632. The van der Waals surface area contributed by atoms with Crippen LogP contribution >= 0.6 is 0 Å². The number of nitrogens with one attached hydrogen (secondary N) is 2. The van der Waals surface area contributed by atoms with Gasteiger partial charge < -0.3 is 15.4 Å². The Morgan fingerprint density at radius 1 is 1.29 bits per heavy atom. The summed E-state index contributed by atoms with van der Waals surface area (Å²) in [6, 6.07) is 7.13. The molecule has 0 bridgehead atoms. The Morgan fingerprint density at radius 3 is 2.71 bits per heavy atom. The van der Waals surface area contributed by atoms with E-state index in [2.05, 4.69) is 52.6 Å². The van der Waals surface area contributed by atoms with Gasteiger partial charge in [-0.25, -0.2) is 0 Å². The van der Waals surface area contributed by atoms with Crippen molar-refractivity contribution in [3.63, 3.8) is 0 Å². The largest absolute Gasteiger partial charge is 0.494 e. The van der Waals surface area contributed by atoms with E-state index < -0.39 is 0 Å². The highest BCUT2D eigenvalue weighted by atomic mass is 16.5. The van der Waals surface area contributed by atoms with Crippen molar-refractivity contribution in [2.24, 2.45) is 4.99 Å². The lowest BCUT2D eigenvalue weighted by Crippen LogP contribution is -2.41. The third kappa shape index (κ3) is 5.71. The Balaban J connectivity index is 1.80. The molecule has 2 rings (SSSR count). The molecule has 1 saturated carbocycles. The van der Waals surface area contributed by atoms with Crippen LogP contribution in [0.5, 0.6) is 5.75 Å². The lowest BCUT2D eigenvalue weighted by molar-refractivity contribution is 0.282. The summed E-state index contributed by atoms with van der Waals surface area (Å²) in [5, 5.41) is 6.79. The van der Waals surface area contributed by atoms with Crippen molar-refractivity contribution in [1.82, 2.24) is 15.5 Å². The molecule has 0 amide bonds. The van der Waals surface area contributed by atoms with Gasteiger partial charge >= 0.3 is 0 Å². The van der Waals surface area contributed by atoms with Gasteiger partial charge in [0.1, 0.15) is 5.75 Å². The minimum atomic E-state index is 0.678. The van der Waals surface area contributed by atoms with Crippen LogP contribution in [0.2, 0.25) is 0 Å². The monoisotopic (exact) mass is 332 g/mol. The normalized spacial score (nSPS) is 14.8. The quantitative estimate of drug-likeness (QED) is 0.539. The maximum absolute atomic E-state index is 5.74. The number of aryl methyl sites for hydroxylation is 1. The highest BCUT2D eigenvalue weighted by Gasteiger charge is 2.27. The topological polar surface area (TPSA) is 48.9 Å². The molecular weight excluding hydrogens is 300 g/mol. The van der Waals surface area contributed by atoms with Crippen LogP contribution in [-0.4, -0.2) is 50.2 Å². The van der Waals surface area contributed by atoms with Gasteiger partial charge in [0.05, 0.1) is 6.61 Å². The Morgan fingerprint density at radius 2 is 2.08 bits per heavy atom. The van der Waals surface area contributed by atoms with E-state index in [4.69, 9.17) is 4.74 Å². The molecule has 0 atom stereocenters. The molecule has 2 N–H and O–H groups in total. The summed E-state index contributed by atoms with van der Waals surface area (Å²) in [5.74, 6) is 1.79. The van der Waals surface area contributed by atoms with Crippen molar-refractivity contribution >= 4 is 5.96 Å². The first-order valence-electron chi connectivity index (χ1n) is 9.08. The van der Waals surface area contributed by atoms with Crippen molar-refractivity contribution in [3.8, 4) is 5.75 Å². The summed E-state index contributed by atoms with van der Waals surface area (Å²) < 4.78 is 5.74. The number of guanidine groups is 1. The second-order valence-electron chi connectivity index (χ2n) is 6.26. The Kier molecular flexibility index (Phi) is 7.37. The van der Waals surface area contributed by atoms with Crippen molar-refractivity contribution in [2.75, 3.05) is 33.3 Å². The van der Waals surface area contributed by atoms with Gasteiger partial charge in [-0.1, -0.05) is 19.1 Å². The molecule has 5 nitrogen and oxygen atoms in total. The van der Waals surface area contributed by atoms with E-state index in [1.807, 2.05) is 14.0 Å². The summed E-state index contributed by atoms with van der Waals surface area (Å²) in [5.41, 5.74) is 2.36. The van der Waals surface area contributed by atoms with E-state index in [0.29, 0.717) is 13.2 Å². The molecule has 24 heavy (non-hydrogen) atoms. The fourth-order valence-electron chi connectivity index (χ4n) is 2.85. The van der Waals surface area contributed by atoms with Crippen LogP contribution in [0.4, 0.5) is 0 Å². The molecule has 1 aliphatic rings. The molecule has 0 aliphatic heterocycles. The molecule has 1 aliphatic carbocycles. The molecule has 0 aromatic heterocycles. The van der Waals surface area contributed by atoms with Gasteiger partial charge in [-0.05, 0) is 44.9 Å². The van der Waals surface area contributed by atoms with Gasteiger partial charge in [-0.3, -0.25) is 9.89 Å². The smallest absolute Gasteiger partial charge is 0.191 e. The van der Waals surface area contributed by atoms with Crippen LogP contribution in [0, 0.1) is 6.92 Å². The van der Waals surface area contributed by atoms with Crippen LogP contribution in [-0.2, 0) is 6.54 Å². The van der Waals surface area contributed by atoms with Gasteiger partial charge in [0.2, 0.25) is 0 Å².